The Balaban J connectivity index is 1.88. The van der Waals surface area contributed by atoms with Crippen LogP contribution in [0.3, 0.4) is 0 Å². The van der Waals surface area contributed by atoms with Crippen molar-refractivity contribution < 1.29 is 14.3 Å². The third-order valence-electron chi connectivity index (χ3n) is 4.14. The predicted molar refractivity (Wildman–Crippen MR) is 95.4 cm³/mol. The number of ether oxygens (including phenoxy) is 2. The highest BCUT2D eigenvalue weighted by Crippen LogP contribution is 2.25. The molecule has 1 aromatic rings. The second kappa shape index (κ2) is 8.49. The third kappa shape index (κ3) is 5.49. The van der Waals surface area contributed by atoms with Crippen molar-refractivity contribution in [2.24, 2.45) is 5.92 Å². The van der Waals surface area contributed by atoms with E-state index in [2.05, 4.69) is 50.5 Å². The van der Waals surface area contributed by atoms with E-state index < -0.39 is 0 Å². The average Bonchev–Trinajstić information content (AvgIpc) is 2.59. The number of nitrogens with one attached hydrogen (secondary N) is 2. The molecule has 5 heteroatoms. The SMILES string of the molecule is CC(C)COc1ccc(C(C)(C)CNC(=O)C2CNCCO2)cc1. The van der Waals surface area contributed by atoms with E-state index in [1.165, 1.54) is 5.56 Å². The Hall–Kier alpha value is -1.59. The molecule has 1 aliphatic rings. The fourth-order valence-electron chi connectivity index (χ4n) is 2.52. The molecule has 1 atom stereocenters. The van der Waals surface area contributed by atoms with Gasteiger partial charge >= 0.3 is 0 Å². The molecule has 1 unspecified atom stereocenters. The summed E-state index contributed by atoms with van der Waals surface area (Å²) in [5, 5.41) is 6.18. The Morgan fingerprint density at radius 2 is 2.08 bits per heavy atom. The zero-order chi connectivity index (χ0) is 17.6. The minimum Gasteiger partial charge on any atom is -0.493 e. The molecule has 1 fully saturated rings. The molecule has 1 aliphatic heterocycles. The second-order valence-electron chi connectivity index (χ2n) is 7.39. The third-order valence-corrected chi connectivity index (χ3v) is 4.14. The van der Waals surface area contributed by atoms with Gasteiger partial charge in [-0.25, -0.2) is 0 Å². The Labute approximate surface area is 145 Å². The monoisotopic (exact) mass is 334 g/mol. The first kappa shape index (κ1) is 18.7. The van der Waals surface area contributed by atoms with Gasteiger partial charge in [-0.1, -0.05) is 39.8 Å². The minimum atomic E-state index is -0.388. The number of hydrogen-bond donors (Lipinski definition) is 2. The Morgan fingerprint density at radius 1 is 1.38 bits per heavy atom. The smallest absolute Gasteiger partial charge is 0.250 e. The van der Waals surface area contributed by atoms with Gasteiger partial charge in [0.2, 0.25) is 5.91 Å². The number of benzene rings is 1. The summed E-state index contributed by atoms with van der Waals surface area (Å²) in [4.78, 5) is 12.2. The molecule has 0 bridgehead atoms. The molecule has 24 heavy (non-hydrogen) atoms. The maximum absolute atomic E-state index is 12.2. The van der Waals surface area contributed by atoms with E-state index in [1.54, 1.807) is 0 Å². The van der Waals surface area contributed by atoms with Gasteiger partial charge in [-0.3, -0.25) is 4.79 Å². The molecule has 1 heterocycles. The minimum absolute atomic E-state index is 0.0489. The molecule has 0 saturated carbocycles. The lowest BCUT2D eigenvalue weighted by Gasteiger charge is -2.28. The Morgan fingerprint density at radius 3 is 2.67 bits per heavy atom. The molecule has 0 aliphatic carbocycles. The van der Waals surface area contributed by atoms with Gasteiger partial charge in [0.1, 0.15) is 11.9 Å². The molecule has 0 spiro atoms. The Bertz CT molecular complexity index is 520. The largest absolute Gasteiger partial charge is 0.493 e. The van der Waals surface area contributed by atoms with E-state index in [9.17, 15) is 4.79 Å². The first-order valence-corrected chi connectivity index (χ1v) is 8.72. The van der Waals surface area contributed by atoms with Crippen LogP contribution in [-0.4, -0.2) is 44.9 Å². The lowest BCUT2D eigenvalue weighted by molar-refractivity contribution is -0.134. The highest BCUT2D eigenvalue weighted by atomic mass is 16.5. The fourth-order valence-corrected chi connectivity index (χ4v) is 2.52. The van der Waals surface area contributed by atoms with Gasteiger partial charge in [0.05, 0.1) is 13.2 Å². The van der Waals surface area contributed by atoms with Gasteiger partial charge in [0.15, 0.2) is 0 Å². The quantitative estimate of drug-likeness (QED) is 0.802. The standard InChI is InChI=1S/C19H30N2O3/c1-14(2)12-24-16-7-5-15(6-8-16)19(3,4)13-21-18(22)17-11-20-9-10-23-17/h5-8,14,17,20H,9-13H2,1-4H3,(H,21,22). The van der Waals surface area contributed by atoms with E-state index in [1.807, 2.05) is 12.1 Å². The zero-order valence-electron chi connectivity index (χ0n) is 15.2. The van der Waals surface area contributed by atoms with E-state index in [-0.39, 0.29) is 17.4 Å². The van der Waals surface area contributed by atoms with E-state index in [0.29, 0.717) is 32.2 Å². The van der Waals surface area contributed by atoms with Crippen molar-refractivity contribution in [3.63, 3.8) is 0 Å². The number of morpholine rings is 1. The molecular weight excluding hydrogens is 304 g/mol. The van der Waals surface area contributed by atoms with Crippen molar-refractivity contribution >= 4 is 5.91 Å². The topological polar surface area (TPSA) is 59.6 Å². The van der Waals surface area contributed by atoms with Crippen LogP contribution in [0.15, 0.2) is 24.3 Å². The van der Waals surface area contributed by atoms with Gasteiger partial charge in [-0.2, -0.15) is 0 Å². The molecule has 134 valence electrons. The maximum Gasteiger partial charge on any atom is 0.250 e. The van der Waals surface area contributed by atoms with Crippen molar-refractivity contribution in [2.45, 2.75) is 39.2 Å². The number of carbonyl (C=O) groups is 1. The highest BCUT2D eigenvalue weighted by Gasteiger charge is 2.26. The Kier molecular flexibility index (Phi) is 6.63. The molecule has 1 amide bonds. The zero-order valence-corrected chi connectivity index (χ0v) is 15.2. The van der Waals surface area contributed by atoms with Crippen LogP contribution in [0.1, 0.15) is 33.3 Å². The molecule has 2 rings (SSSR count). The molecule has 5 nitrogen and oxygen atoms in total. The average molecular weight is 334 g/mol. The molecule has 0 radical (unpaired) electrons. The van der Waals surface area contributed by atoms with Crippen molar-refractivity contribution in [3.05, 3.63) is 29.8 Å². The lowest BCUT2D eigenvalue weighted by atomic mass is 9.84. The van der Waals surface area contributed by atoms with Crippen LogP contribution in [-0.2, 0) is 14.9 Å². The molecule has 1 aromatic carbocycles. The van der Waals surface area contributed by atoms with Crippen LogP contribution in [0.5, 0.6) is 5.75 Å². The van der Waals surface area contributed by atoms with Crippen molar-refractivity contribution in [3.8, 4) is 5.75 Å². The van der Waals surface area contributed by atoms with Gasteiger partial charge in [-0.15, -0.1) is 0 Å². The maximum atomic E-state index is 12.2. The summed E-state index contributed by atoms with van der Waals surface area (Å²) in [6.07, 6.45) is -0.388. The van der Waals surface area contributed by atoms with E-state index in [0.717, 1.165) is 12.3 Å². The van der Waals surface area contributed by atoms with Crippen LogP contribution in [0.25, 0.3) is 0 Å². The fraction of sp³-hybridized carbons (Fsp3) is 0.632. The van der Waals surface area contributed by atoms with Crippen molar-refractivity contribution in [1.29, 1.82) is 0 Å². The van der Waals surface area contributed by atoms with E-state index >= 15 is 0 Å². The lowest BCUT2D eigenvalue weighted by Crippen LogP contribution is -2.49. The molecule has 2 N–H and O–H groups in total. The summed E-state index contributed by atoms with van der Waals surface area (Å²) in [5.74, 6) is 1.34. The van der Waals surface area contributed by atoms with Gasteiger partial charge < -0.3 is 20.1 Å². The second-order valence-corrected chi connectivity index (χ2v) is 7.39. The molecule has 1 saturated heterocycles. The van der Waals surface area contributed by atoms with Crippen molar-refractivity contribution in [2.75, 3.05) is 32.8 Å². The van der Waals surface area contributed by atoms with Gasteiger partial charge in [0, 0.05) is 25.0 Å². The first-order chi connectivity index (χ1) is 11.4. The summed E-state index contributed by atoms with van der Waals surface area (Å²) >= 11 is 0. The number of rotatable bonds is 7. The normalized spacial score (nSPS) is 18.5. The summed E-state index contributed by atoms with van der Waals surface area (Å²) < 4.78 is 11.2. The van der Waals surface area contributed by atoms with Gasteiger partial charge in [-0.05, 0) is 23.6 Å². The summed E-state index contributed by atoms with van der Waals surface area (Å²) in [6.45, 7) is 11.8. The van der Waals surface area contributed by atoms with Crippen LogP contribution < -0.4 is 15.4 Å². The van der Waals surface area contributed by atoms with Crippen LogP contribution >= 0.6 is 0 Å². The van der Waals surface area contributed by atoms with Crippen molar-refractivity contribution in [1.82, 2.24) is 10.6 Å². The highest BCUT2D eigenvalue weighted by molar-refractivity contribution is 5.81. The van der Waals surface area contributed by atoms with Gasteiger partial charge in [0.25, 0.3) is 0 Å². The van der Waals surface area contributed by atoms with Crippen LogP contribution in [0.2, 0.25) is 0 Å². The molecular formula is C19H30N2O3. The summed E-state index contributed by atoms with van der Waals surface area (Å²) in [7, 11) is 0. The number of amides is 1. The summed E-state index contributed by atoms with van der Waals surface area (Å²) in [5.41, 5.74) is 1.01. The van der Waals surface area contributed by atoms with Crippen LogP contribution in [0, 0.1) is 5.92 Å². The predicted octanol–water partition coefficient (Wildman–Crippen LogP) is 2.10. The first-order valence-electron chi connectivity index (χ1n) is 8.72. The molecule has 0 aromatic heterocycles. The summed E-state index contributed by atoms with van der Waals surface area (Å²) in [6, 6.07) is 8.13. The number of carbonyl (C=O) groups excluding carboxylic acids is 1. The van der Waals surface area contributed by atoms with Crippen LogP contribution in [0.4, 0.5) is 0 Å². The number of hydrogen-bond acceptors (Lipinski definition) is 4. The van der Waals surface area contributed by atoms with E-state index in [4.69, 9.17) is 9.47 Å².